The Morgan fingerprint density at radius 1 is 1.30 bits per heavy atom. The number of nitrogens with one attached hydrogen (secondary N) is 1. The molecule has 0 radical (unpaired) electrons. The highest BCUT2D eigenvalue weighted by Crippen LogP contribution is 2.29. The highest BCUT2D eigenvalue weighted by atomic mass is 79.9. The standard InChI is InChI=1S/C14H13BrF2N2O/c1-6(2)10-7(3)18-13(19-14(10)20)8-4-5-9(16)12(17)11(8)15/h4-6H,1-3H3,(H,18,19,20). The molecule has 0 spiro atoms. The molecule has 6 heteroatoms. The van der Waals surface area contributed by atoms with Crippen LogP contribution in [0.2, 0.25) is 0 Å². The zero-order chi connectivity index (χ0) is 15.0. The summed E-state index contributed by atoms with van der Waals surface area (Å²) in [6, 6.07) is 2.37. The van der Waals surface area contributed by atoms with Crippen LogP contribution in [0.15, 0.2) is 21.4 Å². The van der Waals surface area contributed by atoms with Crippen LogP contribution in [0.1, 0.15) is 31.0 Å². The Kier molecular flexibility index (Phi) is 4.04. The third kappa shape index (κ3) is 2.52. The molecular formula is C14H13BrF2N2O. The van der Waals surface area contributed by atoms with E-state index in [0.29, 0.717) is 16.8 Å². The number of halogens is 3. The van der Waals surface area contributed by atoms with Crippen LogP contribution in [0.5, 0.6) is 0 Å². The molecule has 0 amide bonds. The van der Waals surface area contributed by atoms with Gasteiger partial charge in [0.25, 0.3) is 5.56 Å². The van der Waals surface area contributed by atoms with Crippen LogP contribution in [0.4, 0.5) is 8.78 Å². The second-order valence-electron chi connectivity index (χ2n) is 4.79. The van der Waals surface area contributed by atoms with Crippen molar-refractivity contribution in [2.45, 2.75) is 26.7 Å². The summed E-state index contributed by atoms with van der Waals surface area (Å²) in [6.07, 6.45) is 0. The lowest BCUT2D eigenvalue weighted by molar-refractivity contribution is 0.504. The van der Waals surface area contributed by atoms with Crippen molar-refractivity contribution in [1.82, 2.24) is 9.97 Å². The predicted molar refractivity (Wildman–Crippen MR) is 76.7 cm³/mol. The highest BCUT2D eigenvalue weighted by Gasteiger charge is 2.17. The molecule has 0 unspecified atom stereocenters. The summed E-state index contributed by atoms with van der Waals surface area (Å²) in [6.45, 7) is 5.51. The largest absolute Gasteiger partial charge is 0.306 e. The number of nitrogens with zero attached hydrogens (tertiary/aromatic N) is 1. The first-order valence-corrected chi connectivity index (χ1v) is 6.87. The van der Waals surface area contributed by atoms with Crippen molar-refractivity contribution in [3.05, 3.63) is 49.9 Å². The zero-order valence-corrected chi connectivity index (χ0v) is 12.8. The third-order valence-electron chi connectivity index (χ3n) is 3.01. The molecule has 1 aromatic carbocycles. The maximum absolute atomic E-state index is 13.5. The smallest absolute Gasteiger partial charge is 0.254 e. The Hall–Kier alpha value is -1.56. The minimum atomic E-state index is -1.00. The molecule has 0 saturated carbocycles. The van der Waals surface area contributed by atoms with Crippen LogP contribution in [0, 0.1) is 18.6 Å². The van der Waals surface area contributed by atoms with Crippen molar-refractivity contribution in [3.63, 3.8) is 0 Å². The van der Waals surface area contributed by atoms with Crippen LogP contribution < -0.4 is 5.56 Å². The quantitative estimate of drug-likeness (QED) is 0.841. The molecule has 106 valence electrons. The molecule has 0 aliphatic heterocycles. The summed E-state index contributed by atoms with van der Waals surface area (Å²) in [5.74, 6) is -1.72. The van der Waals surface area contributed by atoms with Gasteiger partial charge in [0.05, 0.1) is 4.47 Å². The van der Waals surface area contributed by atoms with E-state index in [2.05, 4.69) is 25.9 Å². The first-order valence-electron chi connectivity index (χ1n) is 6.07. The molecule has 0 saturated heterocycles. The molecule has 1 N–H and O–H groups in total. The number of aromatic amines is 1. The van der Waals surface area contributed by atoms with Crippen LogP contribution in [-0.2, 0) is 0 Å². The third-order valence-corrected chi connectivity index (χ3v) is 3.79. The Morgan fingerprint density at radius 2 is 1.95 bits per heavy atom. The molecule has 1 heterocycles. The second-order valence-corrected chi connectivity index (χ2v) is 5.58. The van der Waals surface area contributed by atoms with Gasteiger partial charge in [0.15, 0.2) is 11.6 Å². The van der Waals surface area contributed by atoms with Crippen molar-refractivity contribution in [1.29, 1.82) is 0 Å². The molecule has 1 aromatic heterocycles. The molecule has 0 aliphatic rings. The van der Waals surface area contributed by atoms with E-state index in [0.717, 1.165) is 6.07 Å². The average Bonchev–Trinajstić information content (AvgIpc) is 2.34. The number of H-pyrrole nitrogens is 1. The number of aromatic nitrogens is 2. The topological polar surface area (TPSA) is 45.8 Å². The fraction of sp³-hybridized carbons (Fsp3) is 0.286. The minimum absolute atomic E-state index is 0.0358. The fourth-order valence-electron chi connectivity index (χ4n) is 2.11. The zero-order valence-electron chi connectivity index (χ0n) is 11.2. The lowest BCUT2D eigenvalue weighted by Crippen LogP contribution is -2.18. The second kappa shape index (κ2) is 5.44. The van der Waals surface area contributed by atoms with Gasteiger partial charge in [0.2, 0.25) is 0 Å². The summed E-state index contributed by atoms with van der Waals surface area (Å²) in [5, 5.41) is 0. The Balaban J connectivity index is 2.67. The lowest BCUT2D eigenvalue weighted by Gasteiger charge is -2.11. The molecule has 0 bridgehead atoms. The van der Waals surface area contributed by atoms with Crippen LogP contribution >= 0.6 is 15.9 Å². The van der Waals surface area contributed by atoms with Crippen LogP contribution in [0.25, 0.3) is 11.4 Å². The van der Waals surface area contributed by atoms with Gasteiger partial charge in [-0.05, 0) is 40.9 Å². The Bertz CT molecular complexity index is 726. The van der Waals surface area contributed by atoms with Crippen LogP contribution in [0.3, 0.4) is 0 Å². The van der Waals surface area contributed by atoms with Crippen LogP contribution in [-0.4, -0.2) is 9.97 Å². The number of aryl methyl sites for hydroxylation is 1. The van der Waals surface area contributed by atoms with Crippen molar-refractivity contribution >= 4 is 15.9 Å². The molecule has 0 fully saturated rings. The van der Waals surface area contributed by atoms with Gasteiger partial charge in [-0.1, -0.05) is 13.8 Å². The molecule has 0 atom stereocenters. The highest BCUT2D eigenvalue weighted by molar-refractivity contribution is 9.10. The summed E-state index contributed by atoms with van der Waals surface area (Å²) in [5.41, 5.74) is 1.21. The van der Waals surface area contributed by atoms with E-state index in [9.17, 15) is 13.6 Å². The number of hydrogen-bond donors (Lipinski definition) is 1. The van der Waals surface area contributed by atoms with Crippen molar-refractivity contribution in [3.8, 4) is 11.4 Å². The van der Waals surface area contributed by atoms with E-state index in [-0.39, 0.29) is 21.8 Å². The molecule has 2 aromatic rings. The number of rotatable bonds is 2. The Morgan fingerprint density at radius 3 is 2.50 bits per heavy atom. The van der Waals surface area contributed by atoms with Gasteiger partial charge in [-0.15, -0.1) is 0 Å². The van der Waals surface area contributed by atoms with E-state index in [1.165, 1.54) is 6.07 Å². The minimum Gasteiger partial charge on any atom is -0.306 e. The summed E-state index contributed by atoms with van der Waals surface area (Å²) in [4.78, 5) is 19.0. The van der Waals surface area contributed by atoms with Gasteiger partial charge >= 0.3 is 0 Å². The number of hydrogen-bond acceptors (Lipinski definition) is 2. The molecule has 0 aliphatic carbocycles. The van der Waals surface area contributed by atoms with Gasteiger partial charge < -0.3 is 4.98 Å². The molecular weight excluding hydrogens is 330 g/mol. The van der Waals surface area contributed by atoms with E-state index in [1.807, 2.05) is 13.8 Å². The van der Waals surface area contributed by atoms with E-state index >= 15 is 0 Å². The van der Waals surface area contributed by atoms with Gasteiger partial charge in [-0.3, -0.25) is 4.79 Å². The van der Waals surface area contributed by atoms with Crippen molar-refractivity contribution in [2.75, 3.05) is 0 Å². The first-order chi connectivity index (χ1) is 9.32. The predicted octanol–water partition coefficient (Wildman–Crippen LogP) is 3.91. The maximum atomic E-state index is 13.5. The maximum Gasteiger partial charge on any atom is 0.254 e. The summed E-state index contributed by atoms with van der Waals surface area (Å²) < 4.78 is 26.6. The lowest BCUT2D eigenvalue weighted by atomic mass is 10.0. The number of benzene rings is 1. The average molecular weight is 343 g/mol. The van der Waals surface area contributed by atoms with Gasteiger partial charge in [0.1, 0.15) is 5.82 Å². The molecule has 20 heavy (non-hydrogen) atoms. The van der Waals surface area contributed by atoms with Gasteiger partial charge in [0, 0.05) is 16.8 Å². The van der Waals surface area contributed by atoms with Gasteiger partial charge in [-0.25, -0.2) is 13.8 Å². The normalized spacial score (nSPS) is 11.2. The molecule has 2 rings (SSSR count). The summed E-state index contributed by atoms with van der Waals surface area (Å²) in [7, 11) is 0. The first kappa shape index (κ1) is 14.8. The van der Waals surface area contributed by atoms with Crippen molar-refractivity contribution < 1.29 is 8.78 Å². The summed E-state index contributed by atoms with van der Waals surface area (Å²) >= 11 is 2.99. The SMILES string of the molecule is Cc1nc(-c2ccc(F)c(F)c2Br)[nH]c(=O)c1C(C)C. The van der Waals surface area contributed by atoms with Crippen molar-refractivity contribution in [2.24, 2.45) is 0 Å². The van der Waals surface area contributed by atoms with E-state index in [4.69, 9.17) is 0 Å². The van der Waals surface area contributed by atoms with E-state index < -0.39 is 11.6 Å². The van der Waals surface area contributed by atoms with Gasteiger partial charge in [-0.2, -0.15) is 0 Å². The van der Waals surface area contributed by atoms with E-state index in [1.54, 1.807) is 6.92 Å². The Labute approximate surface area is 123 Å². The fourth-order valence-corrected chi connectivity index (χ4v) is 2.62. The molecule has 3 nitrogen and oxygen atoms in total. The monoisotopic (exact) mass is 342 g/mol.